The van der Waals surface area contributed by atoms with Crippen LogP contribution in [-0.2, 0) is 4.74 Å². The van der Waals surface area contributed by atoms with E-state index < -0.39 is 0 Å². The van der Waals surface area contributed by atoms with Gasteiger partial charge in [-0.05, 0) is 50.2 Å². The molecule has 0 saturated carbocycles. The number of carbonyl (C=O) groups excluding carboxylic acids is 1. The van der Waals surface area contributed by atoms with Crippen molar-refractivity contribution in [3.05, 3.63) is 65.4 Å². The lowest BCUT2D eigenvalue weighted by molar-refractivity contribution is 0.102. The Bertz CT molecular complexity index is 1010. The van der Waals surface area contributed by atoms with Gasteiger partial charge in [0.25, 0.3) is 5.91 Å². The van der Waals surface area contributed by atoms with E-state index in [0.29, 0.717) is 41.5 Å². The second kappa shape index (κ2) is 8.00. The number of nitrogens with one attached hydrogen (secondary N) is 1. The summed E-state index contributed by atoms with van der Waals surface area (Å²) < 4.78 is 20.2. The van der Waals surface area contributed by atoms with Gasteiger partial charge in [-0.3, -0.25) is 4.79 Å². The van der Waals surface area contributed by atoms with Gasteiger partial charge in [-0.15, -0.1) is 0 Å². The molecule has 0 unspecified atom stereocenters. The van der Waals surface area contributed by atoms with E-state index in [1.165, 1.54) is 12.1 Å². The Balaban J connectivity index is 1.52. The molecule has 0 bridgehead atoms. The summed E-state index contributed by atoms with van der Waals surface area (Å²) in [5, 5.41) is 7.33. The van der Waals surface area contributed by atoms with Gasteiger partial charge in [-0.1, -0.05) is 0 Å². The SMILES string of the molecule is Cc1nn(-c2ccc(F)cc2)c(C)c1C(=O)Nc1ccc(N2CCOCC2)nc1. The van der Waals surface area contributed by atoms with E-state index in [1.807, 2.05) is 19.1 Å². The standard InChI is InChI=1S/C21H22FN5O2/c1-14-20(15(2)27(25-14)18-6-3-16(22)4-7-18)21(28)24-17-5-8-19(23-13-17)26-9-11-29-12-10-26/h3-8,13H,9-12H2,1-2H3,(H,24,28). The van der Waals surface area contributed by atoms with Crippen molar-refractivity contribution < 1.29 is 13.9 Å². The molecule has 0 aliphatic carbocycles. The highest BCUT2D eigenvalue weighted by molar-refractivity contribution is 6.05. The number of aromatic nitrogens is 3. The molecule has 3 aromatic rings. The Kier molecular flexibility index (Phi) is 5.26. The minimum absolute atomic E-state index is 0.255. The molecule has 0 spiro atoms. The molecule has 29 heavy (non-hydrogen) atoms. The van der Waals surface area contributed by atoms with Crippen molar-refractivity contribution in [2.24, 2.45) is 0 Å². The predicted octanol–water partition coefficient (Wildman–Crippen LogP) is 3.11. The summed E-state index contributed by atoms with van der Waals surface area (Å²) >= 11 is 0. The molecule has 150 valence electrons. The highest BCUT2D eigenvalue weighted by Gasteiger charge is 2.20. The van der Waals surface area contributed by atoms with Crippen LogP contribution in [0.25, 0.3) is 5.69 Å². The molecule has 2 aromatic heterocycles. The molecule has 1 aliphatic heterocycles. The van der Waals surface area contributed by atoms with Crippen molar-refractivity contribution in [1.82, 2.24) is 14.8 Å². The normalized spacial score (nSPS) is 14.1. The van der Waals surface area contributed by atoms with Gasteiger partial charge in [0.1, 0.15) is 11.6 Å². The van der Waals surface area contributed by atoms with E-state index >= 15 is 0 Å². The van der Waals surface area contributed by atoms with Crippen LogP contribution in [0.5, 0.6) is 0 Å². The van der Waals surface area contributed by atoms with E-state index in [1.54, 1.807) is 29.9 Å². The highest BCUT2D eigenvalue weighted by Crippen LogP contribution is 2.21. The van der Waals surface area contributed by atoms with Crippen molar-refractivity contribution in [2.75, 3.05) is 36.5 Å². The molecule has 8 heteroatoms. The van der Waals surface area contributed by atoms with Crippen LogP contribution in [0, 0.1) is 19.7 Å². The Hall–Kier alpha value is -3.26. The van der Waals surface area contributed by atoms with Crippen LogP contribution in [0.15, 0.2) is 42.6 Å². The zero-order valence-electron chi connectivity index (χ0n) is 16.4. The van der Waals surface area contributed by atoms with E-state index in [0.717, 1.165) is 18.9 Å². The number of carbonyl (C=O) groups is 1. The maximum Gasteiger partial charge on any atom is 0.259 e. The van der Waals surface area contributed by atoms with Crippen LogP contribution in [0.2, 0.25) is 0 Å². The monoisotopic (exact) mass is 395 g/mol. The van der Waals surface area contributed by atoms with E-state index in [2.05, 4.69) is 20.3 Å². The first kappa shape index (κ1) is 19.1. The molecule has 0 atom stereocenters. The van der Waals surface area contributed by atoms with Crippen molar-refractivity contribution in [2.45, 2.75) is 13.8 Å². The van der Waals surface area contributed by atoms with Crippen molar-refractivity contribution in [3.8, 4) is 5.69 Å². The number of anilines is 2. The fraction of sp³-hybridized carbons (Fsp3) is 0.286. The minimum Gasteiger partial charge on any atom is -0.378 e. The molecule has 0 radical (unpaired) electrons. The molecule has 4 rings (SSSR count). The predicted molar refractivity (Wildman–Crippen MR) is 108 cm³/mol. The van der Waals surface area contributed by atoms with Gasteiger partial charge in [0.15, 0.2) is 0 Å². The van der Waals surface area contributed by atoms with Crippen molar-refractivity contribution in [3.63, 3.8) is 0 Å². The van der Waals surface area contributed by atoms with Gasteiger partial charge >= 0.3 is 0 Å². The van der Waals surface area contributed by atoms with Crippen LogP contribution in [-0.4, -0.2) is 47.0 Å². The number of benzene rings is 1. The Labute approximate surface area is 168 Å². The molecule has 1 aliphatic rings. The number of hydrogen-bond acceptors (Lipinski definition) is 5. The lowest BCUT2D eigenvalue weighted by Crippen LogP contribution is -2.36. The number of nitrogens with zero attached hydrogens (tertiary/aromatic N) is 4. The molecule has 1 amide bonds. The Morgan fingerprint density at radius 2 is 1.83 bits per heavy atom. The molecule has 1 saturated heterocycles. The molecule has 1 fully saturated rings. The van der Waals surface area contributed by atoms with Gasteiger partial charge in [-0.2, -0.15) is 5.10 Å². The zero-order chi connectivity index (χ0) is 20.4. The summed E-state index contributed by atoms with van der Waals surface area (Å²) in [6.07, 6.45) is 1.65. The summed E-state index contributed by atoms with van der Waals surface area (Å²) in [4.78, 5) is 19.5. The van der Waals surface area contributed by atoms with Gasteiger partial charge in [0.2, 0.25) is 0 Å². The summed E-state index contributed by atoms with van der Waals surface area (Å²) in [5.74, 6) is 0.290. The van der Waals surface area contributed by atoms with Crippen LogP contribution >= 0.6 is 0 Å². The molecule has 1 N–H and O–H groups in total. The average Bonchev–Trinajstić information content (AvgIpc) is 3.04. The number of rotatable bonds is 4. The smallest absolute Gasteiger partial charge is 0.259 e. The lowest BCUT2D eigenvalue weighted by atomic mass is 10.1. The first-order chi connectivity index (χ1) is 14.0. The Morgan fingerprint density at radius 3 is 2.48 bits per heavy atom. The second-order valence-electron chi connectivity index (χ2n) is 6.89. The second-order valence-corrected chi connectivity index (χ2v) is 6.89. The number of amides is 1. The highest BCUT2D eigenvalue weighted by atomic mass is 19.1. The number of aryl methyl sites for hydroxylation is 1. The third kappa shape index (κ3) is 3.97. The minimum atomic E-state index is -0.318. The van der Waals surface area contributed by atoms with Gasteiger partial charge < -0.3 is 15.0 Å². The first-order valence-electron chi connectivity index (χ1n) is 9.45. The fourth-order valence-electron chi connectivity index (χ4n) is 3.44. The van der Waals surface area contributed by atoms with Crippen molar-refractivity contribution >= 4 is 17.4 Å². The maximum atomic E-state index is 13.2. The third-order valence-electron chi connectivity index (χ3n) is 4.93. The van der Waals surface area contributed by atoms with E-state index in [4.69, 9.17) is 4.74 Å². The summed E-state index contributed by atoms with van der Waals surface area (Å²) in [7, 11) is 0. The molecular weight excluding hydrogens is 373 g/mol. The molecule has 1 aromatic carbocycles. The number of ether oxygens (including phenoxy) is 1. The first-order valence-corrected chi connectivity index (χ1v) is 9.45. The van der Waals surface area contributed by atoms with Crippen LogP contribution in [0.1, 0.15) is 21.7 Å². The summed E-state index contributed by atoms with van der Waals surface area (Å²) in [5.41, 5.74) is 3.08. The molecular formula is C21H22FN5O2. The number of halogens is 1. The third-order valence-corrected chi connectivity index (χ3v) is 4.93. The topological polar surface area (TPSA) is 72.3 Å². The number of pyridine rings is 1. The van der Waals surface area contributed by atoms with Gasteiger partial charge in [0.05, 0.1) is 47.7 Å². The maximum absolute atomic E-state index is 13.2. The average molecular weight is 395 g/mol. The van der Waals surface area contributed by atoms with Gasteiger partial charge in [-0.25, -0.2) is 14.1 Å². The quantitative estimate of drug-likeness (QED) is 0.735. The number of morpholine rings is 1. The zero-order valence-corrected chi connectivity index (χ0v) is 16.4. The molecule has 7 nitrogen and oxygen atoms in total. The fourth-order valence-corrected chi connectivity index (χ4v) is 3.44. The lowest BCUT2D eigenvalue weighted by Gasteiger charge is -2.27. The largest absolute Gasteiger partial charge is 0.378 e. The van der Waals surface area contributed by atoms with Crippen LogP contribution < -0.4 is 10.2 Å². The van der Waals surface area contributed by atoms with E-state index in [9.17, 15) is 9.18 Å². The molecule has 3 heterocycles. The summed E-state index contributed by atoms with van der Waals surface area (Å²) in [6.45, 7) is 6.59. The van der Waals surface area contributed by atoms with Crippen molar-refractivity contribution in [1.29, 1.82) is 0 Å². The van der Waals surface area contributed by atoms with Gasteiger partial charge in [0, 0.05) is 13.1 Å². The summed E-state index contributed by atoms with van der Waals surface area (Å²) in [6, 6.07) is 9.73. The van der Waals surface area contributed by atoms with E-state index in [-0.39, 0.29) is 11.7 Å². The van der Waals surface area contributed by atoms with Crippen LogP contribution in [0.4, 0.5) is 15.9 Å². The number of hydrogen-bond donors (Lipinski definition) is 1. The van der Waals surface area contributed by atoms with Crippen LogP contribution in [0.3, 0.4) is 0 Å². The Morgan fingerprint density at radius 1 is 1.10 bits per heavy atom.